The summed E-state index contributed by atoms with van der Waals surface area (Å²) in [5.41, 5.74) is -0.383. The Hall–Kier alpha value is -2.52. The monoisotopic (exact) mass is 421 g/mol. The molecule has 5 nitrogen and oxygen atoms in total. The normalized spacial score (nSPS) is 17.2. The molecule has 3 aromatic rings. The highest BCUT2D eigenvalue weighted by molar-refractivity contribution is 7.71. The number of hydrogen-bond donors (Lipinski definition) is 1. The number of ether oxygens (including phenoxy) is 1. The molecular formula is C20H18F3N3O2S. The average molecular weight is 421 g/mol. The molecule has 0 bridgehead atoms. The van der Waals surface area contributed by atoms with E-state index < -0.39 is 22.7 Å². The number of aromatic amines is 1. The lowest BCUT2D eigenvalue weighted by molar-refractivity contribution is -0.136. The van der Waals surface area contributed by atoms with Crippen LogP contribution in [0.25, 0.3) is 22.3 Å². The molecule has 9 heteroatoms. The Morgan fingerprint density at radius 3 is 2.66 bits per heavy atom. The molecule has 2 aromatic heterocycles. The maximum absolute atomic E-state index is 13.9. The molecule has 0 radical (unpaired) electrons. The van der Waals surface area contributed by atoms with Crippen molar-refractivity contribution in [1.82, 2.24) is 14.5 Å². The second kappa shape index (κ2) is 7.38. The summed E-state index contributed by atoms with van der Waals surface area (Å²) in [4.78, 5) is 19.2. The molecule has 1 aromatic carbocycles. The van der Waals surface area contributed by atoms with Gasteiger partial charge >= 0.3 is 6.18 Å². The van der Waals surface area contributed by atoms with E-state index in [1.807, 2.05) is 6.92 Å². The van der Waals surface area contributed by atoms with E-state index in [0.29, 0.717) is 12.2 Å². The molecule has 152 valence electrons. The summed E-state index contributed by atoms with van der Waals surface area (Å²) in [5.74, 6) is 0. The van der Waals surface area contributed by atoms with Gasteiger partial charge in [0, 0.05) is 12.2 Å². The zero-order valence-corrected chi connectivity index (χ0v) is 16.4. The third-order valence-electron chi connectivity index (χ3n) is 5.01. The van der Waals surface area contributed by atoms with Gasteiger partial charge in [0.2, 0.25) is 0 Å². The van der Waals surface area contributed by atoms with E-state index in [1.165, 1.54) is 4.57 Å². The van der Waals surface area contributed by atoms with Crippen LogP contribution in [0.2, 0.25) is 0 Å². The minimum absolute atomic E-state index is 0.0275. The number of hydrogen-bond acceptors (Lipinski definition) is 4. The van der Waals surface area contributed by atoms with E-state index in [4.69, 9.17) is 17.0 Å². The fraction of sp³-hybridized carbons (Fsp3) is 0.350. The molecule has 0 unspecified atom stereocenters. The topological polar surface area (TPSA) is 59.9 Å². The SMILES string of the molecule is Cc1ccc(-c2cc(C(F)(F)F)c3c(=O)[nH]c(=S)n(C[C@H]4CCCO4)c3n2)cc1. The van der Waals surface area contributed by atoms with Gasteiger partial charge in [0.15, 0.2) is 4.77 Å². The molecule has 1 aliphatic rings. The Labute approximate surface area is 169 Å². The lowest BCUT2D eigenvalue weighted by Crippen LogP contribution is -2.24. The zero-order chi connectivity index (χ0) is 20.8. The highest BCUT2D eigenvalue weighted by atomic mass is 32.1. The average Bonchev–Trinajstić information content (AvgIpc) is 3.17. The van der Waals surface area contributed by atoms with Crippen molar-refractivity contribution >= 4 is 23.3 Å². The molecular weight excluding hydrogens is 403 g/mol. The largest absolute Gasteiger partial charge is 0.417 e. The first kappa shape index (κ1) is 19.8. The quantitative estimate of drug-likeness (QED) is 0.627. The maximum Gasteiger partial charge on any atom is 0.417 e. The highest BCUT2D eigenvalue weighted by Crippen LogP contribution is 2.35. The van der Waals surface area contributed by atoms with Crippen molar-refractivity contribution < 1.29 is 17.9 Å². The van der Waals surface area contributed by atoms with Crippen molar-refractivity contribution in [3.05, 3.63) is 56.6 Å². The predicted molar refractivity (Wildman–Crippen MR) is 105 cm³/mol. The minimum Gasteiger partial charge on any atom is -0.376 e. The second-order valence-electron chi connectivity index (χ2n) is 7.12. The molecule has 29 heavy (non-hydrogen) atoms. The summed E-state index contributed by atoms with van der Waals surface area (Å²) in [6.07, 6.45) is -3.27. The summed E-state index contributed by atoms with van der Waals surface area (Å²) in [6, 6.07) is 7.92. The van der Waals surface area contributed by atoms with E-state index in [2.05, 4.69) is 9.97 Å². The van der Waals surface area contributed by atoms with Gasteiger partial charge in [-0.15, -0.1) is 0 Å². The van der Waals surface area contributed by atoms with E-state index >= 15 is 0 Å². The lowest BCUT2D eigenvalue weighted by atomic mass is 10.0. The summed E-state index contributed by atoms with van der Waals surface area (Å²) in [7, 11) is 0. The number of rotatable bonds is 3. The summed E-state index contributed by atoms with van der Waals surface area (Å²) < 4.78 is 48.6. The third kappa shape index (κ3) is 3.84. The first-order valence-corrected chi connectivity index (χ1v) is 9.58. The summed E-state index contributed by atoms with van der Waals surface area (Å²) in [6.45, 7) is 2.71. The molecule has 0 amide bonds. The molecule has 1 fully saturated rings. The number of pyridine rings is 1. The molecule has 4 rings (SSSR count). The summed E-state index contributed by atoms with van der Waals surface area (Å²) in [5, 5.41) is -0.514. The van der Waals surface area contributed by atoms with Gasteiger partial charge in [-0.25, -0.2) is 4.98 Å². The molecule has 0 spiro atoms. The number of aromatic nitrogens is 3. The van der Waals surface area contributed by atoms with Crippen molar-refractivity contribution in [3.63, 3.8) is 0 Å². The molecule has 0 saturated carbocycles. The molecule has 1 aliphatic heterocycles. The van der Waals surface area contributed by atoms with Gasteiger partial charge in [0.25, 0.3) is 5.56 Å². The fourth-order valence-corrected chi connectivity index (χ4v) is 3.78. The van der Waals surface area contributed by atoms with Gasteiger partial charge in [0.1, 0.15) is 5.65 Å². The Bertz CT molecular complexity index is 1180. The van der Waals surface area contributed by atoms with Crippen LogP contribution in [-0.2, 0) is 17.5 Å². The second-order valence-corrected chi connectivity index (χ2v) is 7.51. The molecule has 1 N–H and O–H groups in total. The van der Waals surface area contributed by atoms with E-state index in [0.717, 1.165) is 24.5 Å². The van der Waals surface area contributed by atoms with Crippen LogP contribution in [0.15, 0.2) is 35.1 Å². The van der Waals surface area contributed by atoms with Crippen molar-refractivity contribution in [2.75, 3.05) is 6.61 Å². The van der Waals surface area contributed by atoms with Crippen LogP contribution in [0.1, 0.15) is 24.0 Å². The van der Waals surface area contributed by atoms with E-state index in [1.54, 1.807) is 24.3 Å². The van der Waals surface area contributed by atoms with Crippen molar-refractivity contribution in [2.24, 2.45) is 0 Å². The molecule has 1 atom stereocenters. The summed E-state index contributed by atoms with van der Waals surface area (Å²) >= 11 is 5.25. The van der Waals surface area contributed by atoms with E-state index in [9.17, 15) is 18.0 Å². The first-order chi connectivity index (χ1) is 13.7. The van der Waals surface area contributed by atoms with Crippen LogP contribution >= 0.6 is 12.2 Å². The number of H-pyrrole nitrogens is 1. The first-order valence-electron chi connectivity index (χ1n) is 9.18. The van der Waals surface area contributed by atoms with Gasteiger partial charge in [-0.1, -0.05) is 29.8 Å². The van der Waals surface area contributed by atoms with Crippen molar-refractivity contribution in [3.8, 4) is 11.3 Å². The van der Waals surface area contributed by atoms with Gasteiger partial charge in [-0.3, -0.25) is 14.3 Å². The van der Waals surface area contributed by atoms with Crippen molar-refractivity contribution in [1.29, 1.82) is 0 Å². The number of alkyl halides is 3. The lowest BCUT2D eigenvalue weighted by Gasteiger charge is -2.18. The Morgan fingerprint density at radius 1 is 1.31 bits per heavy atom. The number of fused-ring (bicyclic) bond motifs is 1. The minimum atomic E-state index is -4.72. The number of halogens is 3. The Balaban J connectivity index is 2.02. The number of aryl methyl sites for hydroxylation is 1. The van der Waals surface area contributed by atoms with Crippen LogP contribution in [-0.4, -0.2) is 27.2 Å². The standard InChI is InChI=1S/C20H18F3N3O2S/c1-11-4-6-12(7-5-11)15-9-14(20(21,22)23)16-17(24-15)26(19(29)25-18(16)27)10-13-3-2-8-28-13/h4-7,9,13H,2-3,8,10H2,1H3,(H,25,27,29)/t13-/m1/s1. The fourth-order valence-electron chi connectivity index (χ4n) is 3.53. The Kier molecular flexibility index (Phi) is 5.04. The van der Waals surface area contributed by atoms with Crippen LogP contribution < -0.4 is 5.56 Å². The van der Waals surface area contributed by atoms with Gasteiger partial charge in [-0.2, -0.15) is 13.2 Å². The van der Waals surface area contributed by atoms with Crippen molar-refractivity contribution in [2.45, 2.75) is 38.6 Å². The highest BCUT2D eigenvalue weighted by Gasteiger charge is 2.35. The Morgan fingerprint density at radius 2 is 2.03 bits per heavy atom. The number of nitrogens with zero attached hydrogens (tertiary/aromatic N) is 2. The predicted octanol–water partition coefficient (Wildman–Crippen LogP) is 4.63. The van der Waals surface area contributed by atoms with Crippen LogP contribution in [0.5, 0.6) is 0 Å². The van der Waals surface area contributed by atoms with Gasteiger partial charge < -0.3 is 4.74 Å². The maximum atomic E-state index is 13.9. The molecule has 0 aliphatic carbocycles. The van der Waals surface area contributed by atoms with E-state index in [-0.39, 0.29) is 28.8 Å². The van der Waals surface area contributed by atoms with Crippen LogP contribution in [0.4, 0.5) is 13.2 Å². The molecule has 3 heterocycles. The van der Waals surface area contributed by atoms with Gasteiger partial charge in [0.05, 0.1) is 29.3 Å². The van der Waals surface area contributed by atoms with Gasteiger partial charge in [-0.05, 0) is 38.0 Å². The van der Waals surface area contributed by atoms with Crippen LogP contribution in [0, 0.1) is 11.7 Å². The van der Waals surface area contributed by atoms with Crippen LogP contribution in [0.3, 0.4) is 0 Å². The third-order valence-corrected chi connectivity index (χ3v) is 5.33. The zero-order valence-electron chi connectivity index (χ0n) is 15.5. The number of nitrogens with one attached hydrogen (secondary N) is 1. The number of benzene rings is 1. The molecule has 1 saturated heterocycles. The smallest absolute Gasteiger partial charge is 0.376 e.